The van der Waals surface area contributed by atoms with E-state index in [4.69, 9.17) is 22.1 Å². The van der Waals surface area contributed by atoms with E-state index in [1.54, 1.807) is 29.2 Å². The van der Waals surface area contributed by atoms with Gasteiger partial charge in [0.05, 0.1) is 13.2 Å². The number of nitrogens with one attached hydrogen (secondary N) is 2. The summed E-state index contributed by atoms with van der Waals surface area (Å²) in [6.07, 6.45) is 2.69. The third-order valence-electron chi connectivity index (χ3n) is 6.21. The molecule has 1 unspecified atom stereocenters. The van der Waals surface area contributed by atoms with Crippen molar-refractivity contribution in [3.05, 3.63) is 35.5 Å². The molecule has 0 radical (unpaired) electrons. The number of benzene rings is 1. The van der Waals surface area contributed by atoms with Crippen LogP contribution in [0.15, 0.2) is 24.3 Å². The molecule has 37 heavy (non-hydrogen) atoms. The zero-order valence-corrected chi connectivity index (χ0v) is 21.2. The van der Waals surface area contributed by atoms with E-state index < -0.39 is 5.91 Å². The molecule has 2 aliphatic heterocycles. The number of halogens is 1. The van der Waals surface area contributed by atoms with Gasteiger partial charge in [-0.3, -0.25) is 14.4 Å². The van der Waals surface area contributed by atoms with Crippen LogP contribution in [0.4, 0.5) is 17.5 Å². The van der Waals surface area contributed by atoms with Crippen molar-refractivity contribution >= 4 is 46.8 Å². The smallest absolute Gasteiger partial charge is 0.273 e. The van der Waals surface area contributed by atoms with Crippen molar-refractivity contribution in [1.29, 1.82) is 0 Å². The van der Waals surface area contributed by atoms with Crippen LogP contribution in [-0.4, -0.2) is 89.1 Å². The standard InChI is InChI=1S/C24H31ClN8O4/c25-9-1-4-19(34)27-18-3-2-10-33(15-18)24-29-22(20(21(26)35)30-31-24)28-17-7-5-16(6-8-17)23(36)32-11-13-37-14-12-32/h5-8,18H,1-4,9-15H2,(H2,26,35)(H,27,34)(H,28,29,31). The lowest BCUT2D eigenvalue weighted by Crippen LogP contribution is -2.48. The number of rotatable bonds is 9. The highest BCUT2D eigenvalue weighted by molar-refractivity contribution is 6.17. The number of hydrogen-bond donors (Lipinski definition) is 3. The Morgan fingerprint density at radius 3 is 2.57 bits per heavy atom. The van der Waals surface area contributed by atoms with Crippen molar-refractivity contribution in [1.82, 2.24) is 25.4 Å². The number of anilines is 3. The molecule has 1 atom stereocenters. The Bertz CT molecular complexity index is 1110. The van der Waals surface area contributed by atoms with Crippen LogP contribution >= 0.6 is 11.6 Å². The minimum Gasteiger partial charge on any atom is -0.378 e. The fourth-order valence-electron chi connectivity index (χ4n) is 4.29. The monoisotopic (exact) mass is 530 g/mol. The highest BCUT2D eigenvalue weighted by Crippen LogP contribution is 2.22. The summed E-state index contributed by atoms with van der Waals surface area (Å²) in [6, 6.07) is 6.83. The molecule has 1 aromatic carbocycles. The van der Waals surface area contributed by atoms with E-state index in [-0.39, 0.29) is 29.4 Å². The number of piperidine rings is 1. The summed E-state index contributed by atoms with van der Waals surface area (Å²) in [4.78, 5) is 45.0. The molecule has 1 aromatic heterocycles. The van der Waals surface area contributed by atoms with Gasteiger partial charge in [0.2, 0.25) is 11.9 Å². The number of carbonyl (C=O) groups excluding carboxylic acids is 3. The minimum atomic E-state index is -0.767. The average molecular weight is 531 g/mol. The van der Waals surface area contributed by atoms with Gasteiger partial charge in [-0.25, -0.2) is 0 Å². The van der Waals surface area contributed by atoms with E-state index in [2.05, 4.69) is 25.8 Å². The number of primary amides is 1. The summed E-state index contributed by atoms with van der Waals surface area (Å²) in [5.74, 6) is 0.0701. The lowest BCUT2D eigenvalue weighted by molar-refractivity contribution is -0.121. The van der Waals surface area contributed by atoms with Crippen LogP contribution in [0.5, 0.6) is 0 Å². The van der Waals surface area contributed by atoms with Crippen LogP contribution in [-0.2, 0) is 9.53 Å². The minimum absolute atomic E-state index is 0.0338. The van der Waals surface area contributed by atoms with Gasteiger partial charge in [-0.2, -0.15) is 4.98 Å². The predicted octanol–water partition coefficient (Wildman–Crippen LogP) is 1.29. The molecule has 2 fully saturated rings. The normalized spacial score (nSPS) is 17.8. The molecule has 13 heteroatoms. The molecule has 0 aliphatic carbocycles. The summed E-state index contributed by atoms with van der Waals surface area (Å²) < 4.78 is 5.31. The first-order valence-electron chi connectivity index (χ1n) is 12.3. The topological polar surface area (TPSA) is 156 Å². The molecule has 4 N–H and O–H groups in total. The van der Waals surface area contributed by atoms with Crippen LogP contribution in [0.3, 0.4) is 0 Å². The molecule has 2 saturated heterocycles. The third-order valence-corrected chi connectivity index (χ3v) is 6.48. The third kappa shape index (κ3) is 7.04. The Hall–Kier alpha value is -3.51. The number of aromatic nitrogens is 3. The molecule has 0 bridgehead atoms. The van der Waals surface area contributed by atoms with Gasteiger partial charge in [0.25, 0.3) is 11.8 Å². The second-order valence-electron chi connectivity index (χ2n) is 8.93. The van der Waals surface area contributed by atoms with Gasteiger partial charge < -0.3 is 30.9 Å². The van der Waals surface area contributed by atoms with E-state index in [0.29, 0.717) is 75.3 Å². The van der Waals surface area contributed by atoms with Gasteiger partial charge in [0, 0.05) is 55.8 Å². The number of ether oxygens (including phenoxy) is 1. The number of nitrogens with zero attached hydrogens (tertiary/aromatic N) is 5. The first-order chi connectivity index (χ1) is 17.9. The summed E-state index contributed by atoms with van der Waals surface area (Å²) in [7, 11) is 0. The second-order valence-corrected chi connectivity index (χ2v) is 9.30. The molecule has 12 nitrogen and oxygen atoms in total. The number of hydrogen-bond acceptors (Lipinski definition) is 9. The SMILES string of the molecule is NC(=O)c1nnc(N2CCCC(NC(=O)CCCCl)C2)nc1Nc1ccc(C(=O)N2CCOCC2)cc1. The Balaban J connectivity index is 1.46. The van der Waals surface area contributed by atoms with Crippen molar-refractivity contribution in [2.45, 2.75) is 31.7 Å². The Morgan fingerprint density at radius 2 is 1.86 bits per heavy atom. The maximum Gasteiger partial charge on any atom is 0.273 e. The second kappa shape index (κ2) is 12.6. The maximum atomic E-state index is 12.7. The molecule has 198 valence electrons. The zero-order chi connectivity index (χ0) is 26.2. The predicted molar refractivity (Wildman–Crippen MR) is 138 cm³/mol. The number of amides is 3. The van der Waals surface area contributed by atoms with Gasteiger partial charge in [0.15, 0.2) is 11.5 Å². The molecular formula is C24H31ClN8O4. The van der Waals surface area contributed by atoms with Crippen LogP contribution in [0, 0.1) is 0 Å². The fraction of sp³-hybridized carbons (Fsp3) is 0.500. The molecule has 0 saturated carbocycles. The van der Waals surface area contributed by atoms with Gasteiger partial charge in [-0.1, -0.05) is 0 Å². The van der Waals surface area contributed by atoms with E-state index in [9.17, 15) is 14.4 Å². The van der Waals surface area contributed by atoms with E-state index in [1.807, 2.05) is 4.90 Å². The summed E-state index contributed by atoms with van der Waals surface area (Å²) >= 11 is 5.68. The first-order valence-corrected chi connectivity index (χ1v) is 12.9. The molecule has 3 amide bonds. The molecular weight excluding hydrogens is 500 g/mol. The average Bonchev–Trinajstić information content (AvgIpc) is 2.92. The Kier molecular flexibility index (Phi) is 9.07. The molecule has 0 spiro atoms. The van der Waals surface area contributed by atoms with Crippen LogP contribution < -0.4 is 21.3 Å². The maximum absolute atomic E-state index is 12.7. The highest BCUT2D eigenvalue weighted by atomic mass is 35.5. The van der Waals surface area contributed by atoms with Gasteiger partial charge in [-0.15, -0.1) is 21.8 Å². The Labute approximate surface area is 219 Å². The molecule has 3 heterocycles. The summed E-state index contributed by atoms with van der Waals surface area (Å²) in [6.45, 7) is 3.38. The Morgan fingerprint density at radius 1 is 1.11 bits per heavy atom. The summed E-state index contributed by atoms with van der Waals surface area (Å²) in [5.41, 5.74) is 6.57. The molecule has 2 aliphatic rings. The zero-order valence-electron chi connectivity index (χ0n) is 20.5. The highest BCUT2D eigenvalue weighted by Gasteiger charge is 2.25. The first kappa shape index (κ1) is 26.6. The number of morpholine rings is 1. The van der Waals surface area contributed by atoms with Crippen LogP contribution in [0.25, 0.3) is 0 Å². The van der Waals surface area contributed by atoms with Crippen molar-refractivity contribution in [2.75, 3.05) is 55.5 Å². The van der Waals surface area contributed by atoms with Crippen molar-refractivity contribution in [3.63, 3.8) is 0 Å². The number of carbonyl (C=O) groups is 3. The lowest BCUT2D eigenvalue weighted by atomic mass is 10.1. The van der Waals surface area contributed by atoms with Gasteiger partial charge in [-0.05, 0) is 43.5 Å². The molecule has 4 rings (SSSR count). The molecule has 2 aromatic rings. The van der Waals surface area contributed by atoms with Crippen LogP contribution in [0.1, 0.15) is 46.5 Å². The largest absolute Gasteiger partial charge is 0.378 e. The van der Waals surface area contributed by atoms with Crippen molar-refractivity contribution in [3.8, 4) is 0 Å². The number of nitrogens with two attached hydrogens (primary N) is 1. The summed E-state index contributed by atoms with van der Waals surface area (Å²) in [5, 5.41) is 14.2. The van der Waals surface area contributed by atoms with Gasteiger partial charge in [0.1, 0.15) is 0 Å². The number of alkyl halides is 1. The van der Waals surface area contributed by atoms with Gasteiger partial charge >= 0.3 is 0 Å². The van der Waals surface area contributed by atoms with Crippen molar-refractivity contribution < 1.29 is 19.1 Å². The lowest BCUT2D eigenvalue weighted by Gasteiger charge is -2.33. The van der Waals surface area contributed by atoms with E-state index in [0.717, 1.165) is 12.8 Å². The quantitative estimate of drug-likeness (QED) is 0.406. The van der Waals surface area contributed by atoms with Crippen molar-refractivity contribution in [2.24, 2.45) is 5.73 Å². The van der Waals surface area contributed by atoms with E-state index in [1.165, 1.54) is 0 Å². The van der Waals surface area contributed by atoms with Crippen LogP contribution in [0.2, 0.25) is 0 Å². The fourth-order valence-corrected chi connectivity index (χ4v) is 4.42. The van der Waals surface area contributed by atoms with E-state index >= 15 is 0 Å².